The summed E-state index contributed by atoms with van der Waals surface area (Å²) >= 11 is 0. The van der Waals surface area contributed by atoms with Crippen LogP contribution in [0.25, 0.3) is 0 Å². The molecule has 6 heteroatoms. The summed E-state index contributed by atoms with van der Waals surface area (Å²) in [6.07, 6.45) is 0.238. The van der Waals surface area contributed by atoms with E-state index in [2.05, 4.69) is 48.3 Å². The van der Waals surface area contributed by atoms with Crippen molar-refractivity contribution in [3.05, 3.63) is 59.7 Å². The van der Waals surface area contributed by atoms with Gasteiger partial charge >= 0.3 is 0 Å². The molecule has 1 fully saturated rings. The molecule has 1 N–H and O–H groups in total. The van der Waals surface area contributed by atoms with Gasteiger partial charge in [0.1, 0.15) is 5.75 Å². The van der Waals surface area contributed by atoms with Crippen LogP contribution in [-0.4, -0.2) is 43.0 Å². The van der Waals surface area contributed by atoms with E-state index in [1.807, 2.05) is 31.2 Å². The molecule has 31 heavy (non-hydrogen) atoms. The summed E-state index contributed by atoms with van der Waals surface area (Å²) in [6.45, 7) is 10.7. The van der Waals surface area contributed by atoms with Crippen molar-refractivity contribution in [2.24, 2.45) is 5.92 Å². The smallest absolute Gasteiger partial charge is 0.227 e. The highest BCUT2D eigenvalue weighted by molar-refractivity contribution is 6.00. The number of hydrogen-bond donors (Lipinski definition) is 1. The average molecular weight is 424 g/mol. The highest BCUT2D eigenvalue weighted by Gasteiger charge is 2.35. The Morgan fingerprint density at radius 2 is 1.68 bits per heavy atom. The molecule has 1 aliphatic heterocycles. The van der Waals surface area contributed by atoms with Crippen molar-refractivity contribution >= 4 is 17.5 Å². The van der Waals surface area contributed by atoms with Crippen molar-refractivity contribution < 1.29 is 14.3 Å². The van der Waals surface area contributed by atoms with E-state index in [0.717, 1.165) is 36.6 Å². The third-order valence-electron chi connectivity index (χ3n) is 5.75. The number of benzene rings is 2. The number of hydrogen-bond acceptors (Lipinski definition) is 4. The monoisotopic (exact) mass is 423 g/mol. The van der Waals surface area contributed by atoms with Crippen molar-refractivity contribution in [1.82, 2.24) is 10.2 Å². The molecule has 1 atom stereocenters. The number of rotatable bonds is 10. The second-order valence-corrected chi connectivity index (χ2v) is 7.83. The van der Waals surface area contributed by atoms with Crippen LogP contribution in [0.1, 0.15) is 38.3 Å². The van der Waals surface area contributed by atoms with Gasteiger partial charge in [0.2, 0.25) is 11.8 Å². The molecule has 0 saturated carbocycles. The minimum atomic E-state index is -0.332. The Balaban J connectivity index is 1.51. The van der Waals surface area contributed by atoms with Gasteiger partial charge in [-0.15, -0.1) is 0 Å². The normalized spacial score (nSPS) is 16.1. The summed E-state index contributed by atoms with van der Waals surface area (Å²) in [4.78, 5) is 29.2. The minimum absolute atomic E-state index is 0.0231. The predicted molar refractivity (Wildman–Crippen MR) is 123 cm³/mol. The first-order chi connectivity index (χ1) is 15.0. The van der Waals surface area contributed by atoms with Gasteiger partial charge in [-0.25, -0.2) is 0 Å². The molecule has 0 unspecified atom stereocenters. The molecule has 2 aromatic rings. The largest absolute Gasteiger partial charge is 0.494 e. The van der Waals surface area contributed by atoms with Gasteiger partial charge in [0.15, 0.2) is 0 Å². The molecule has 1 saturated heterocycles. The van der Waals surface area contributed by atoms with Gasteiger partial charge in [-0.2, -0.15) is 0 Å². The Bertz CT molecular complexity index is 861. The fraction of sp³-hybridized carbons (Fsp3) is 0.440. The van der Waals surface area contributed by atoms with Crippen LogP contribution in [0.3, 0.4) is 0 Å². The molecule has 2 aromatic carbocycles. The summed E-state index contributed by atoms with van der Waals surface area (Å²) in [5.74, 6) is 0.343. The van der Waals surface area contributed by atoms with Gasteiger partial charge in [-0.3, -0.25) is 14.5 Å². The number of ether oxygens (including phenoxy) is 1. The first-order valence-electron chi connectivity index (χ1n) is 11.1. The molecular formula is C25H33N3O3. The van der Waals surface area contributed by atoms with E-state index in [1.54, 1.807) is 4.90 Å². The second-order valence-electron chi connectivity index (χ2n) is 7.83. The number of nitrogens with one attached hydrogen (secondary N) is 1. The van der Waals surface area contributed by atoms with Crippen molar-refractivity contribution in [3.8, 4) is 5.75 Å². The maximum absolute atomic E-state index is 12.7. The van der Waals surface area contributed by atoms with Crippen LogP contribution in [0.5, 0.6) is 5.75 Å². The van der Waals surface area contributed by atoms with E-state index >= 15 is 0 Å². The lowest BCUT2D eigenvalue weighted by atomic mass is 10.1. The zero-order valence-corrected chi connectivity index (χ0v) is 18.8. The van der Waals surface area contributed by atoms with Gasteiger partial charge in [0.25, 0.3) is 0 Å². The van der Waals surface area contributed by atoms with E-state index < -0.39 is 0 Å². The molecular weight excluding hydrogens is 390 g/mol. The van der Waals surface area contributed by atoms with E-state index in [1.165, 1.54) is 5.56 Å². The predicted octanol–water partition coefficient (Wildman–Crippen LogP) is 3.60. The third kappa shape index (κ3) is 6.07. The van der Waals surface area contributed by atoms with Crippen LogP contribution in [-0.2, 0) is 22.7 Å². The number of carbonyl (C=O) groups is 2. The van der Waals surface area contributed by atoms with Crippen LogP contribution < -0.4 is 15.0 Å². The van der Waals surface area contributed by atoms with Gasteiger partial charge in [0, 0.05) is 31.7 Å². The number of nitrogens with zero attached hydrogens (tertiary/aromatic N) is 2. The molecule has 1 aliphatic rings. The fourth-order valence-electron chi connectivity index (χ4n) is 3.82. The van der Waals surface area contributed by atoms with Crippen LogP contribution in [0.4, 0.5) is 5.69 Å². The zero-order valence-electron chi connectivity index (χ0n) is 18.8. The van der Waals surface area contributed by atoms with Gasteiger partial charge in [0.05, 0.1) is 12.5 Å². The molecule has 0 radical (unpaired) electrons. The molecule has 3 rings (SSSR count). The summed E-state index contributed by atoms with van der Waals surface area (Å²) in [5.41, 5.74) is 3.13. The summed E-state index contributed by atoms with van der Waals surface area (Å²) in [7, 11) is 0. The first-order valence-corrected chi connectivity index (χ1v) is 11.1. The van der Waals surface area contributed by atoms with Crippen molar-refractivity contribution in [2.75, 3.05) is 31.1 Å². The van der Waals surface area contributed by atoms with Crippen LogP contribution >= 0.6 is 0 Å². The molecule has 0 spiro atoms. The Morgan fingerprint density at radius 1 is 1.03 bits per heavy atom. The summed E-state index contributed by atoms with van der Waals surface area (Å²) in [6, 6.07) is 15.8. The molecule has 2 amide bonds. The van der Waals surface area contributed by atoms with Gasteiger partial charge < -0.3 is 15.0 Å². The third-order valence-corrected chi connectivity index (χ3v) is 5.75. The minimum Gasteiger partial charge on any atom is -0.494 e. The van der Waals surface area contributed by atoms with E-state index in [0.29, 0.717) is 19.7 Å². The standard InChI is InChI=1S/C25H33N3O3/c1-4-27(5-2)17-20-9-7-19(8-10-20)16-26-25(30)21-15-24(29)28(18-21)22-11-13-23(14-12-22)31-6-3/h7-14,21H,4-6,15-18H2,1-3H3,(H,26,30)/t21-/m0/s1. The Morgan fingerprint density at radius 3 is 2.29 bits per heavy atom. The Kier molecular flexibility index (Phi) is 8.06. The fourth-order valence-corrected chi connectivity index (χ4v) is 3.82. The number of anilines is 1. The molecule has 1 heterocycles. The highest BCUT2D eigenvalue weighted by Crippen LogP contribution is 2.27. The number of amides is 2. The van der Waals surface area contributed by atoms with Crippen LogP contribution in [0, 0.1) is 5.92 Å². The van der Waals surface area contributed by atoms with Crippen molar-refractivity contribution in [3.63, 3.8) is 0 Å². The molecule has 0 bridgehead atoms. The molecule has 6 nitrogen and oxygen atoms in total. The maximum Gasteiger partial charge on any atom is 0.227 e. The van der Waals surface area contributed by atoms with E-state index in [-0.39, 0.29) is 24.2 Å². The van der Waals surface area contributed by atoms with Crippen molar-refractivity contribution in [2.45, 2.75) is 40.3 Å². The SMILES string of the molecule is CCOc1ccc(N2C[C@@H](C(=O)NCc3ccc(CN(CC)CC)cc3)CC2=O)cc1. The zero-order chi connectivity index (χ0) is 22.2. The Labute approximate surface area is 185 Å². The highest BCUT2D eigenvalue weighted by atomic mass is 16.5. The summed E-state index contributed by atoms with van der Waals surface area (Å²) < 4.78 is 5.45. The van der Waals surface area contributed by atoms with Gasteiger partial charge in [-0.05, 0) is 55.4 Å². The molecule has 0 aromatic heterocycles. The Hall–Kier alpha value is -2.86. The number of carbonyl (C=O) groups excluding carboxylic acids is 2. The quantitative estimate of drug-likeness (QED) is 0.634. The lowest BCUT2D eigenvalue weighted by molar-refractivity contribution is -0.126. The average Bonchev–Trinajstić information content (AvgIpc) is 3.19. The first kappa shape index (κ1) is 22.8. The van der Waals surface area contributed by atoms with Crippen molar-refractivity contribution in [1.29, 1.82) is 0 Å². The van der Waals surface area contributed by atoms with E-state index in [4.69, 9.17) is 4.74 Å². The maximum atomic E-state index is 12.7. The van der Waals surface area contributed by atoms with Gasteiger partial charge in [-0.1, -0.05) is 38.1 Å². The van der Waals surface area contributed by atoms with Crippen LogP contribution in [0.15, 0.2) is 48.5 Å². The molecule has 0 aliphatic carbocycles. The van der Waals surface area contributed by atoms with E-state index in [9.17, 15) is 9.59 Å². The van der Waals surface area contributed by atoms with Crippen LogP contribution in [0.2, 0.25) is 0 Å². The second kappa shape index (κ2) is 11.0. The molecule has 166 valence electrons. The summed E-state index contributed by atoms with van der Waals surface area (Å²) in [5, 5.41) is 2.99. The topological polar surface area (TPSA) is 61.9 Å². The lowest BCUT2D eigenvalue weighted by Gasteiger charge is -2.18. The lowest BCUT2D eigenvalue weighted by Crippen LogP contribution is -2.32.